The second-order valence-electron chi connectivity index (χ2n) is 6.33. The number of nitrogens with zero attached hydrogens (tertiary/aromatic N) is 1. The van der Waals surface area contributed by atoms with Crippen molar-refractivity contribution in [2.45, 2.75) is 19.4 Å². The SMILES string of the molecule is COc1ccc(NC(=O)c2cn3c4c(cccc4c2=O)C[C@H]3C)cc1. The zero-order chi connectivity index (χ0) is 17.6. The predicted molar refractivity (Wildman–Crippen MR) is 97.6 cm³/mol. The Morgan fingerprint density at radius 2 is 1.96 bits per heavy atom. The Kier molecular flexibility index (Phi) is 3.57. The van der Waals surface area contributed by atoms with Crippen LogP contribution in [-0.4, -0.2) is 17.6 Å². The van der Waals surface area contributed by atoms with Gasteiger partial charge >= 0.3 is 0 Å². The summed E-state index contributed by atoms with van der Waals surface area (Å²) in [7, 11) is 1.59. The molecule has 0 saturated heterocycles. The summed E-state index contributed by atoms with van der Waals surface area (Å²) in [5.74, 6) is 0.309. The number of carbonyl (C=O) groups is 1. The number of rotatable bonds is 3. The van der Waals surface area contributed by atoms with Gasteiger partial charge in [-0.25, -0.2) is 0 Å². The minimum Gasteiger partial charge on any atom is -0.497 e. The first-order valence-electron chi connectivity index (χ1n) is 8.20. The monoisotopic (exact) mass is 334 g/mol. The number of amides is 1. The smallest absolute Gasteiger partial charge is 0.261 e. The molecular formula is C20H18N2O3. The van der Waals surface area contributed by atoms with Gasteiger partial charge in [-0.1, -0.05) is 12.1 Å². The average Bonchev–Trinajstić information content (AvgIpc) is 2.95. The van der Waals surface area contributed by atoms with Crippen LogP contribution in [-0.2, 0) is 6.42 Å². The molecule has 0 fully saturated rings. The van der Waals surface area contributed by atoms with Gasteiger partial charge in [0.1, 0.15) is 11.3 Å². The molecule has 25 heavy (non-hydrogen) atoms. The summed E-state index contributed by atoms with van der Waals surface area (Å²) in [5, 5.41) is 3.39. The molecule has 5 heteroatoms. The standard InChI is InChI=1S/C20H18N2O3/c1-12-10-13-4-3-5-16-18(13)22(12)11-17(19(16)23)20(24)21-14-6-8-15(25-2)9-7-14/h3-9,11-12H,10H2,1-2H3,(H,21,24)/t12-/m1/s1. The number of hydrogen-bond donors (Lipinski definition) is 1. The Balaban J connectivity index is 1.76. The quantitative estimate of drug-likeness (QED) is 0.799. The zero-order valence-electron chi connectivity index (χ0n) is 14.1. The third kappa shape index (κ3) is 2.48. The van der Waals surface area contributed by atoms with Crippen molar-refractivity contribution in [1.29, 1.82) is 0 Å². The van der Waals surface area contributed by atoms with E-state index < -0.39 is 5.91 Å². The highest BCUT2D eigenvalue weighted by atomic mass is 16.5. The van der Waals surface area contributed by atoms with E-state index in [1.54, 1.807) is 43.6 Å². The molecule has 1 N–H and O–H groups in total. The molecule has 5 nitrogen and oxygen atoms in total. The fraction of sp³-hybridized carbons (Fsp3) is 0.200. The summed E-state index contributed by atoms with van der Waals surface area (Å²) in [6.07, 6.45) is 2.56. The lowest BCUT2D eigenvalue weighted by Crippen LogP contribution is -2.23. The van der Waals surface area contributed by atoms with Crippen molar-refractivity contribution < 1.29 is 9.53 Å². The number of hydrogen-bond acceptors (Lipinski definition) is 3. The highest BCUT2D eigenvalue weighted by Gasteiger charge is 2.24. The van der Waals surface area contributed by atoms with Crippen molar-refractivity contribution in [3.8, 4) is 5.75 Å². The van der Waals surface area contributed by atoms with Gasteiger partial charge in [-0.15, -0.1) is 0 Å². The summed E-state index contributed by atoms with van der Waals surface area (Å²) in [4.78, 5) is 25.5. The lowest BCUT2D eigenvalue weighted by molar-refractivity contribution is 0.102. The Morgan fingerprint density at radius 3 is 2.68 bits per heavy atom. The van der Waals surface area contributed by atoms with Gasteiger partial charge in [0.2, 0.25) is 5.43 Å². The maximum absolute atomic E-state index is 12.8. The highest BCUT2D eigenvalue weighted by molar-refractivity contribution is 6.06. The van der Waals surface area contributed by atoms with E-state index in [2.05, 4.69) is 12.2 Å². The number of benzene rings is 2. The molecule has 1 aliphatic heterocycles. The van der Waals surface area contributed by atoms with Crippen LogP contribution in [0.5, 0.6) is 5.75 Å². The number of pyridine rings is 1. The molecule has 0 radical (unpaired) electrons. The van der Waals surface area contributed by atoms with E-state index in [9.17, 15) is 9.59 Å². The largest absolute Gasteiger partial charge is 0.497 e. The normalized spacial score (nSPS) is 15.4. The van der Waals surface area contributed by atoms with Gasteiger partial charge in [0, 0.05) is 23.3 Å². The molecule has 126 valence electrons. The van der Waals surface area contributed by atoms with Crippen LogP contribution in [0.1, 0.15) is 28.9 Å². The third-order valence-electron chi connectivity index (χ3n) is 4.72. The second-order valence-corrected chi connectivity index (χ2v) is 6.33. The van der Waals surface area contributed by atoms with E-state index in [4.69, 9.17) is 4.74 Å². The van der Waals surface area contributed by atoms with Crippen LogP contribution in [0.4, 0.5) is 5.69 Å². The Labute approximate surface area is 144 Å². The van der Waals surface area contributed by atoms with Crippen LogP contribution in [0, 0.1) is 0 Å². The fourth-order valence-electron chi connectivity index (χ4n) is 3.45. The number of nitrogens with one attached hydrogen (secondary N) is 1. The average molecular weight is 334 g/mol. The van der Waals surface area contributed by atoms with Crippen molar-refractivity contribution in [2.75, 3.05) is 12.4 Å². The Morgan fingerprint density at radius 1 is 1.20 bits per heavy atom. The van der Waals surface area contributed by atoms with Crippen molar-refractivity contribution >= 4 is 22.5 Å². The Bertz CT molecular complexity index is 1040. The van der Waals surface area contributed by atoms with Gasteiger partial charge in [0.05, 0.1) is 12.6 Å². The summed E-state index contributed by atoms with van der Waals surface area (Å²) in [5.41, 5.74) is 2.65. The van der Waals surface area contributed by atoms with Crippen LogP contribution in [0.25, 0.3) is 10.9 Å². The molecule has 0 saturated carbocycles. The van der Waals surface area contributed by atoms with E-state index in [1.165, 1.54) is 0 Å². The first kappa shape index (κ1) is 15.4. The first-order valence-corrected chi connectivity index (χ1v) is 8.20. The van der Waals surface area contributed by atoms with Crippen molar-refractivity contribution in [2.24, 2.45) is 0 Å². The van der Waals surface area contributed by atoms with Gasteiger partial charge in [-0.05, 0) is 49.2 Å². The van der Waals surface area contributed by atoms with E-state index in [1.807, 2.05) is 16.7 Å². The van der Waals surface area contributed by atoms with Gasteiger partial charge in [-0.2, -0.15) is 0 Å². The summed E-state index contributed by atoms with van der Waals surface area (Å²) in [6, 6.07) is 13.0. The number of ether oxygens (including phenoxy) is 1. The van der Waals surface area contributed by atoms with Crippen LogP contribution in [0.2, 0.25) is 0 Å². The van der Waals surface area contributed by atoms with Gasteiger partial charge in [0.15, 0.2) is 0 Å². The molecule has 3 aromatic rings. The molecule has 0 unspecified atom stereocenters. The highest BCUT2D eigenvalue weighted by Crippen LogP contribution is 2.31. The molecule has 2 aromatic carbocycles. The fourth-order valence-corrected chi connectivity index (χ4v) is 3.45. The van der Waals surface area contributed by atoms with E-state index in [0.29, 0.717) is 16.8 Å². The van der Waals surface area contributed by atoms with E-state index in [0.717, 1.165) is 17.5 Å². The van der Waals surface area contributed by atoms with Crippen LogP contribution >= 0.6 is 0 Å². The van der Waals surface area contributed by atoms with Gasteiger partial charge < -0.3 is 14.6 Å². The maximum atomic E-state index is 12.8. The van der Waals surface area contributed by atoms with Crippen molar-refractivity contribution in [3.05, 3.63) is 70.0 Å². The van der Waals surface area contributed by atoms with E-state index in [-0.39, 0.29) is 17.0 Å². The number of anilines is 1. The topological polar surface area (TPSA) is 60.3 Å². The predicted octanol–water partition coefficient (Wildman–Crippen LogP) is 3.38. The molecule has 0 spiro atoms. The molecule has 1 amide bonds. The molecule has 1 atom stereocenters. The number of aromatic nitrogens is 1. The van der Waals surface area contributed by atoms with Crippen LogP contribution in [0.3, 0.4) is 0 Å². The number of carbonyl (C=O) groups excluding carboxylic acids is 1. The summed E-state index contributed by atoms with van der Waals surface area (Å²) >= 11 is 0. The minimum absolute atomic E-state index is 0.161. The zero-order valence-corrected chi connectivity index (χ0v) is 14.1. The second kappa shape index (κ2) is 5.77. The lowest BCUT2D eigenvalue weighted by atomic mass is 10.1. The maximum Gasteiger partial charge on any atom is 0.261 e. The molecule has 0 bridgehead atoms. The molecule has 1 aliphatic rings. The first-order chi connectivity index (χ1) is 12.1. The van der Waals surface area contributed by atoms with E-state index >= 15 is 0 Å². The molecule has 1 aromatic heterocycles. The summed E-state index contributed by atoms with van der Waals surface area (Å²) in [6.45, 7) is 2.09. The molecular weight excluding hydrogens is 316 g/mol. The van der Waals surface area contributed by atoms with Gasteiger partial charge in [-0.3, -0.25) is 9.59 Å². The Hall–Kier alpha value is -3.08. The minimum atomic E-state index is -0.398. The van der Waals surface area contributed by atoms with Gasteiger partial charge in [0.25, 0.3) is 5.91 Å². The number of methoxy groups -OCH3 is 1. The number of para-hydroxylation sites is 1. The molecule has 0 aliphatic carbocycles. The molecule has 4 rings (SSSR count). The van der Waals surface area contributed by atoms with Crippen molar-refractivity contribution in [3.63, 3.8) is 0 Å². The van der Waals surface area contributed by atoms with Crippen molar-refractivity contribution in [1.82, 2.24) is 4.57 Å². The molecule has 2 heterocycles. The third-order valence-corrected chi connectivity index (χ3v) is 4.72. The summed E-state index contributed by atoms with van der Waals surface area (Å²) < 4.78 is 7.14. The van der Waals surface area contributed by atoms with Crippen LogP contribution in [0.15, 0.2) is 53.5 Å². The lowest BCUT2D eigenvalue weighted by Gasteiger charge is -2.13. The van der Waals surface area contributed by atoms with Crippen LogP contribution < -0.4 is 15.5 Å².